The molecule has 3 rings (SSSR count). The highest BCUT2D eigenvalue weighted by Gasteiger charge is 2.23. The van der Waals surface area contributed by atoms with Crippen molar-refractivity contribution in [1.29, 1.82) is 0 Å². The zero-order chi connectivity index (χ0) is 13.9. The van der Waals surface area contributed by atoms with Crippen molar-refractivity contribution < 1.29 is 4.52 Å². The Morgan fingerprint density at radius 1 is 1.35 bits per heavy atom. The molecule has 1 atom stereocenters. The minimum absolute atomic E-state index is 0.137. The molecular weight excluding hydrogens is 322 g/mol. The van der Waals surface area contributed by atoms with Crippen LogP contribution in [0.15, 0.2) is 27.5 Å². The lowest BCUT2D eigenvalue weighted by Gasteiger charge is -2.30. The Morgan fingerprint density at radius 3 is 2.90 bits per heavy atom. The summed E-state index contributed by atoms with van der Waals surface area (Å²) in [5.41, 5.74) is 0.849. The Kier molecular flexibility index (Phi) is 4.09. The maximum Gasteiger partial charge on any atom is 0.244 e. The van der Waals surface area contributed by atoms with Gasteiger partial charge in [-0.3, -0.25) is 9.88 Å². The second-order valence-corrected chi connectivity index (χ2v) is 5.73. The number of rotatable bonds is 3. The van der Waals surface area contributed by atoms with Gasteiger partial charge in [-0.2, -0.15) is 4.98 Å². The van der Waals surface area contributed by atoms with Crippen molar-refractivity contribution in [3.63, 3.8) is 0 Å². The van der Waals surface area contributed by atoms with Crippen molar-refractivity contribution >= 4 is 15.9 Å². The van der Waals surface area contributed by atoms with Gasteiger partial charge in [0.1, 0.15) is 0 Å². The fourth-order valence-electron chi connectivity index (χ4n) is 2.28. The van der Waals surface area contributed by atoms with Crippen LogP contribution >= 0.6 is 15.9 Å². The molecular formula is C13H16BrN5O. The van der Waals surface area contributed by atoms with Crippen molar-refractivity contribution in [3.05, 3.63) is 28.8 Å². The molecule has 106 valence electrons. The zero-order valence-electron chi connectivity index (χ0n) is 11.2. The first-order chi connectivity index (χ1) is 9.74. The van der Waals surface area contributed by atoms with E-state index in [-0.39, 0.29) is 6.04 Å². The maximum absolute atomic E-state index is 5.41. The van der Waals surface area contributed by atoms with Gasteiger partial charge in [0.05, 0.1) is 6.04 Å². The SMILES string of the molecule is CC(c1nc(-c2cncc(Br)c2)no1)N1CCNCC1. The predicted molar refractivity (Wildman–Crippen MR) is 78.1 cm³/mol. The fourth-order valence-corrected chi connectivity index (χ4v) is 2.65. The normalized spacial score (nSPS) is 18.1. The molecule has 0 saturated carbocycles. The first kappa shape index (κ1) is 13.7. The Bertz CT molecular complexity index is 582. The largest absolute Gasteiger partial charge is 0.337 e. The Hall–Kier alpha value is -1.31. The standard InChI is InChI=1S/C13H16BrN5O/c1-9(19-4-2-15-3-5-19)13-17-12(18-20-13)10-6-11(14)8-16-7-10/h6-9,15H,2-5H2,1H3. The van der Waals surface area contributed by atoms with Gasteiger partial charge in [0.2, 0.25) is 11.7 Å². The van der Waals surface area contributed by atoms with E-state index in [1.807, 2.05) is 6.07 Å². The van der Waals surface area contributed by atoms with Gasteiger partial charge in [0.15, 0.2) is 0 Å². The average molecular weight is 338 g/mol. The molecule has 0 aromatic carbocycles. The molecule has 20 heavy (non-hydrogen) atoms. The van der Waals surface area contributed by atoms with E-state index in [1.54, 1.807) is 12.4 Å². The molecule has 0 amide bonds. The molecule has 7 heteroatoms. The van der Waals surface area contributed by atoms with E-state index in [4.69, 9.17) is 4.52 Å². The summed E-state index contributed by atoms with van der Waals surface area (Å²) < 4.78 is 6.31. The molecule has 3 heterocycles. The van der Waals surface area contributed by atoms with Gasteiger partial charge in [-0.05, 0) is 28.9 Å². The summed E-state index contributed by atoms with van der Waals surface area (Å²) in [5.74, 6) is 1.23. The van der Waals surface area contributed by atoms with Crippen LogP contribution in [0.25, 0.3) is 11.4 Å². The van der Waals surface area contributed by atoms with Crippen molar-refractivity contribution in [2.24, 2.45) is 0 Å². The highest BCUT2D eigenvalue weighted by atomic mass is 79.9. The zero-order valence-corrected chi connectivity index (χ0v) is 12.8. The second-order valence-electron chi connectivity index (χ2n) is 4.81. The summed E-state index contributed by atoms with van der Waals surface area (Å²) in [7, 11) is 0. The number of hydrogen-bond donors (Lipinski definition) is 1. The summed E-state index contributed by atoms with van der Waals surface area (Å²) in [5, 5.41) is 7.39. The quantitative estimate of drug-likeness (QED) is 0.922. The van der Waals surface area contributed by atoms with Gasteiger partial charge in [-0.1, -0.05) is 5.16 Å². The van der Waals surface area contributed by atoms with Gasteiger partial charge in [0.25, 0.3) is 0 Å². The molecule has 1 unspecified atom stereocenters. The van der Waals surface area contributed by atoms with Crippen molar-refractivity contribution in [3.8, 4) is 11.4 Å². The Labute approximate surface area is 125 Å². The molecule has 0 aliphatic carbocycles. The van der Waals surface area contributed by atoms with E-state index in [0.29, 0.717) is 11.7 Å². The Balaban J connectivity index is 1.79. The van der Waals surface area contributed by atoms with Crippen LogP contribution in [0.2, 0.25) is 0 Å². The topological polar surface area (TPSA) is 67.1 Å². The van der Waals surface area contributed by atoms with Crippen LogP contribution in [-0.4, -0.2) is 46.2 Å². The van der Waals surface area contributed by atoms with Crippen LogP contribution in [0.4, 0.5) is 0 Å². The third kappa shape index (κ3) is 2.89. The molecule has 1 N–H and O–H groups in total. The number of halogens is 1. The van der Waals surface area contributed by atoms with Gasteiger partial charge < -0.3 is 9.84 Å². The predicted octanol–water partition coefficient (Wildman–Crippen LogP) is 1.86. The first-order valence-corrected chi connectivity index (χ1v) is 7.42. The summed E-state index contributed by atoms with van der Waals surface area (Å²) in [4.78, 5) is 11.0. The third-order valence-electron chi connectivity index (χ3n) is 3.46. The molecule has 1 aliphatic heterocycles. The lowest BCUT2D eigenvalue weighted by atomic mass is 10.2. The van der Waals surface area contributed by atoms with E-state index in [2.05, 4.69) is 48.2 Å². The molecule has 0 radical (unpaired) electrons. The van der Waals surface area contributed by atoms with Gasteiger partial charge >= 0.3 is 0 Å². The van der Waals surface area contributed by atoms with E-state index in [1.165, 1.54) is 0 Å². The number of aromatic nitrogens is 3. The van der Waals surface area contributed by atoms with Crippen LogP contribution in [0.5, 0.6) is 0 Å². The minimum Gasteiger partial charge on any atom is -0.337 e. The van der Waals surface area contributed by atoms with Crippen molar-refractivity contribution in [2.75, 3.05) is 26.2 Å². The van der Waals surface area contributed by atoms with Gasteiger partial charge in [-0.15, -0.1) is 0 Å². The number of nitrogens with one attached hydrogen (secondary N) is 1. The molecule has 2 aromatic heterocycles. The van der Waals surface area contributed by atoms with Gasteiger partial charge in [0, 0.05) is 48.6 Å². The summed E-state index contributed by atoms with van der Waals surface area (Å²) in [6.45, 7) is 6.10. The van der Waals surface area contributed by atoms with Crippen LogP contribution in [0, 0.1) is 0 Å². The Morgan fingerprint density at radius 2 is 2.15 bits per heavy atom. The van der Waals surface area contributed by atoms with Crippen LogP contribution in [0.3, 0.4) is 0 Å². The average Bonchev–Trinajstić information content (AvgIpc) is 2.97. The molecule has 1 aliphatic rings. The molecule has 6 nitrogen and oxygen atoms in total. The molecule has 0 spiro atoms. The van der Waals surface area contributed by atoms with Crippen LogP contribution in [-0.2, 0) is 0 Å². The lowest BCUT2D eigenvalue weighted by molar-refractivity contribution is 0.154. The summed E-state index contributed by atoms with van der Waals surface area (Å²) in [6, 6.07) is 2.07. The number of nitrogens with zero attached hydrogens (tertiary/aromatic N) is 4. The smallest absolute Gasteiger partial charge is 0.244 e. The first-order valence-electron chi connectivity index (χ1n) is 6.63. The van der Waals surface area contributed by atoms with Crippen LogP contribution in [0.1, 0.15) is 18.9 Å². The molecule has 1 saturated heterocycles. The van der Waals surface area contributed by atoms with E-state index in [9.17, 15) is 0 Å². The van der Waals surface area contributed by atoms with Crippen LogP contribution < -0.4 is 5.32 Å². The molecule has 2 aromatic rings. The summed E-state index contributed by atoms with van der Waals surface area (Å²) in [6.07, 6.45) is 3.46. The molecule has 0 bridgehead atoms. The number of pyridine rings is 1. The summed E-state index contributed by atoms with van der Waals surface area (Å²) >= 11 is 3.39. The third-order valence-corrected chi connectivity index (χ3v) is 3.90. The monoisotopic (exact) mass is 337 g/mol. The highest BCUT2D eigenvalue weighted by Crippen LogP contribution is 2.23. The fraction of sp³-hybridized carbons (Fsp3) is 0.462. The maximum atomic E-state index is 5.41. The lowest BCUT2D eigenvalue weighted by Crippen LogP contribution is -2.44. The van der Waals surface area contributed by atoms with E-state index >= 15 is 0 Å². The highest BCUT2D eigenvalue weighted by molar-refractivity contribution is 9.10. The minimum atomic E-state index is 0.137. The number of hydrogen-bond acceptors (Lipinski definition) is 6. The second kappa shape index (κ2) is 5.99. The van der Waals surface area contributed by atoms with E-state index < -0.39 is 0 Å². The van der Waals surface area contributed by atoms with Gasteiger partial charge in [-0.25, -0.2) is 0 Å². The van der Waals surface area contributed by atoms with E-state index in [0.717, 1.165) is 36.2 Å². The van der Waals surface area contributed by atoms with Crippen molar-refractivity contribution in [2.45, 2.75) is 13.0 Å². The number of piperazine rings is 1. The van der Waals surface area contributed by atoms with Crippen molar-refractivity contribution in [1.82, 2.24) is 25.3 Å². The molecule has 1 fully saturated rings.